The molecular formula is C24H26N4O4. The Kier molecular flexibility index (Phi) is 5.19. The summed E-state index contributed by atoms with van der Waals surface area (Å²) in [7, 11) is 0. The summed E-state index contributed by atoms with van der Waals surface area (Å²) < 4.78 is 10.8. The van der Waals surface area contributed by atoms with Gasteiger partial charge in [0.05, 0.1) is 18.2 Å². The predicted molar refractivity (Wildman–Crippen MR) is 114 cm³/mol. The maximum atomic E-state index is 13.3. The zero-order valence-electron chi connectivity index (χ0n) is 17.8. The van der Waals surface area contributed by atoms with E-state index in [0.717, 1.165) is 12.8 Å². The molecule has 4 aliphatic rings. The largest absolute Gasteiger partial charge is 0.454 e. The topological polar surface area (TPSA) is 109 Å². The number of hydrogen-bond donors (Lipinski definition) is 1. The lowest BCUT2D eigenvalue weighted by Crippen LogP contribution is -2.56. The van der Waals surface area contributed by atoms with Crippen LogP contribution in [-0.4, -0.2) is 58.6 Å². The van der Waals surface area contributed by atoms with Crippen LogP contribution in [0.5, 0.6) is 11.5 Å². The second kappa shape index (κ2) is 8.03. The van der Waals surface area contributed by atoms with Crippen molar-refractivity contribution in [2.75, 3.05) is 6.79 Å². The third-order valence-electron chi connectivity index (χ3n) is 7.40. The predicted octanol–water partition coefficient (Wildman–Crippen LogP) is 1.64. The van der Waals surface area contributed by atoms with E-state index in [1.807, 2.05) is 4.90 Å². The molecule has 4 aliphatic heterocycles. The van der Waals surface area contributed by atoms with E-state index in [2.05, 4.69) is 12.0 Å². The van der Waals surface area contributed by atoms with E-state index < -0.39 is 12.1 Å². The minimum absolute atomic E-state index is 0.0226. The van der Waals surface area contributed by atoms with Crippen LogP contribution in [0.3, 0.4) is 0 Å². The molecule has 5 rings (SSSR count). The Morgan fingerprint density at radius 2 is 1.75 bits per heavy atom. The molecular weight excluding hydrogens is 408 g/mol. The first-order valence-electron chi connectivity index (χ1n) is 11.2. The highest BCUT2D eigenvalue weighted by molar-refractivity contribution is 5.95. The van der Waals surface area contributed by atoms with Crippen LogP contribution in [0, 0.1) is 29.6 Å². The van der Waals surface area contributed by atoms with E-state index in [9.17, 15) is 14.9 Å². The number of rotatable bonds is 3. The van der Waals surface area contributed by atoms with E-state index in [4.69, 9.17) is 21.6 Å². The number of nitrogens with zero attached hydrogens (tertiary/aromatic N) is 3. The van der Waals surface area contributed by atoms with E-state index in [0.29, 0.717) is 42.7 Å². The highest BCUT2D eigenvalue weighted by atomic mass is 16.7. The Labute approximate surface area is 187 Å². The number of terminal acetylenes is 1. The SMILES string of the molecule is C#C[C@H]1CC[C@@H](C#N)N1C(=O)[C@@H](N)C1CC2CCC(C1)N2C(=O)c1ccc2c(c1)OCO2. The first-order valence-corrected chi connectivity index (χ1v) is 11.2. The highest BCUT2D eigenvalue weighted by Gasteiger charge is 2.48. The summed E-state index contributed by atoms with van der Waals surface area (Å²) in [5, 5.41) is 9.43. The van der Waals surface area contributed by atoms with Crippen molar-refractivity contribution < 1.29 is 19.1 Å². The van der Waals surface area contributed by atoms with Gasteiger partial charge in [0.1, 0.15) is 6.04 Å². The molecule has 3 fully saturated rings. The maximum Gasteiger partial charge on any atom is 0.254 e. The normalized spacial score (nSPS) is 31.2. The van der Waals surface area contributed by atoms with Crippen molar-refractivity contribution in [1.29, 1.82) is 5.26 Å². The van der Waals surface area contributed by atoms with Crippen LogP contribution in [0.15, 0.2) is 18.2 Å². The molecule has 5 atom stereocenters. The number of carbonyl (C=O) groups is 2. The van der Waals surface area contributed by atoms with Crippen LogP contribution in [0.25, 0.3) is 0 Å². The lowest BCUT2D eigenvalue weighted by Gasteiger charge is -2.41. The highest BCUT2D eigenvalue weighted by Crippen LogP contribution is 2.42. The van der Waals surface area contributed by atoms with Gasteiger partial charge in [0.15, 0.2) is 11.5 Å². The average molecular weight is 434 g/mol. The summed E-state index contributed by atoms with van der Waals surface area (Å²) in [4.78, 5) is 30.0. The second-order valence-electron chi connectivity index (χ2n) is 9.07. The molecule has 32 heavy (non-hydrogen) atoms. The van der Waals surface area contributed by atoms with E-state index >= 15 is 0 Å². The van der Waals surface area contributed by atoms with Crippen molar-refractivity contribution in [3.63, 3.8) is 0 Å². The first kappa shape index (κ1) is 20.7. The summed E-state index contributed by atoms with van der Waals surface area (Å²) in [5.41, 5.74) is 7.03. The van der Waals surface area contributed by atoms with E-state index in [-0.39, 0.29) is 42.7 Å². The van der Waals surface area contributed by atoms with Gasteiger partial charge in [-0.15, -0.1) is 6.42 Å². The molecule has 8 heteroatoms. The van der Waals surface area contributed by atoms with Crippen molar-refractivity contribution in [2.24, 2.45) is 11.7 Å². The molecule has 2 unspecified atom stereocenters. The van der Waals surface area contributed by atoms with Gasteiger partial charge in [0.2, 0.25) is 12.7 Å². The van der Waals surface area contributed by atoms with Crippen molar-refractivity contribution in [3.8, 4) is 29.9 Å². The summed E-state index contributed by atoms with van der Waals surface area (Å²) in [6.07, 6.45) is 9.95. The number of ether oxygens (including phenoxy) is 2. The molecule has 166 valence electrons. The Bertz CT molecular complexity index is 992. The van der Waals surface area contributed by atoms with Crippen LogP contribution >= 0.6 is 0 Å². The zero-order chi connectivity index (χ0) is 22.4. The Hall–Kier alpha value is -3.23. The number of hydrogen-bond acceptors (Lipinski definition) is 6. The zero-order valence-corrected chi connectivity index (χ0v) is 17.8. The number of likely N-dealkylation sites (tertiary alicyclic amines) is 1. The van der Waals surface area contributed by atoms with Crippen LogP contribution < -0.4 is 15.2 Å². The Morgan fingerprint density at radius 1 is 1.06 bits per heavy atom. The number of nitriles is 1. The van der Waals surface area contributed by atoms with E-state index in [1.165, 1.54) is 4.90 Å². The van der Waals surface area contributed by atoms with Gasteiger partial charge in [-0.05, 0) is 62.6 Å². The van der Waals surface area contributed by atoms with Gasteiger partial charge >= 0.3 is 0 Å². The van der Waals surface area contributed by atoms with Gasteiger partial charge in [-0.3, -0.25) is 9.59 Å². The van der Waals surface area contributed by atoms with Crippen LogP contribution in [0.2, 0.25) is 0 Å². The standard InChI is InChI=1S/C24H26N4O4/c1-2-16-4-7-19(12-25)27(16)24(30)22(26)15-9-17-5-6-18(10-15)28(17)23(29)14-3-8-20-21(11-14)32-13-31-20/h1,3,8,11,15-19,22H,4-7,9-10,13,26H2/t15?,16-,17?,18?,19-,22-/m0/s1. The maximum absolute atomic E-state index is 13.3. The summed E-state index contributed by atoms with van der Waals surface area (Å²) in [5.74, 6) is 3.57. The van der Waals surface area contributed by atoms with Crippen molar-refractivity contribution in [2.45, 2.75) is 68.7 Å². The van der Waals surface area contributed by atoms with E-state index in [1.54, 1.807) is 18.2 Å². The summed E-state index contributed by atoms with van der Waals surface area (Å²) in [6, 6.07) is 5.95. The number of piperidine rings is 1. The molecule has 3 saturated heterocycles. The van der Waals surface area contributed by atoms with Crippen LogP contribution in [-0.2, 0) is 4.79 Å². The quantitative estimate of drug-likeness (QED) is 0.725. The number of amides is 2. The first-order chi connectivity index (χ1) is 15.5. The third-order valence-corrected chi connectivity index (χ3v) is 7.40. The minimum atomic E-state index is -0.717. The van der Waals surface area contributed by atoms with Crippen molar-refractivity contribution >= 4 is 11.8 Å². The fourth-order valence-corrected chi connectivity index (χ4v) is 5.81. The smallest absolute Gasteiger partial charge is 0.254 e. The molecule has 0 aromatic heterocycles. The van der Waals surface area contributed by atoms with Crippen molar-refractivity contribution in [1.82, 2.24) is 9.80 Å². The molecule has 0 radical (unpaired) electrons. The molecule has 1 aromatic rings. The molecule has 0 saturated carbocycles. The average Bonchev–Trinajstić information content (AvgIpc) is 3.52. The van der Waals surface area contributed by atoms with Crippen LogP contribution in [0.1, 0.15) is 48.9 Å². The second-order valence-corrected chi connectivity index (χ2v) is 9.07. The Morgan fingerprint density at radius 3 is 2.44 bits per heavy atom. The third kappa shape index (κ3) is 3.27. The lowest BCUT2D eigenvalue weighted by molar-refractivity contribution is -0.135. The van der Waals surface area contributed by atoms with Gasteiger partial charge in [-0.1, -0.05) is 5.92 Å². The number of benzene rings is 1. The Balaban J connectivity index is 1.30. The number of carbonyl (C=O) groups excluding carboxylic acids is 2. The molecule has 4 heterocycles. The molecule has 2 N–H and O–H groups in total. The number of nitrogens with two attached hydrogens (primary N) is 1. The van der Waals surface area contributed by atoms with Crippen LogP contribution in [0.4, 0.5) is 0 Å². The fraction of sp³-hybridized carbons (Fsp3) is 0.542. The van der Waals surface area contributed by atoms with Gasteiger partial charge in [-0.25, -0.2) is 0 Å². The molecule has 0 aliphatic carbocycles. The van der Waals surface area contributed by atoms with Gasteiger partial charge in [0.25, 0.3) is 5.91 Å². The number of fused-ring (bicyclic) bond motifs is 3. The molecule has 2 bridgehead atoms. The monoisotopic (exact) mass is 434 g/mol. The minimum Gasteiger partial charge on any atom is -0.454 e. The van der Waals surface area contributed by atoms with Gasteiger partial charge in [0, 0.05) is 17.6 Å². The van der Waals surface area contributed by atoms with Gasteiger partial charge < -0.3 is 25.0 Å². The summed E-state index contributed by atoms with van der Waals surface area (Å²) >= 11 is 0. The van der Waals surface area contributed by atoms with Crippen molar-refractivity contribution in [3.05, 3.63) is 23.8 Å². The van der Waals surface area contributed by atoms with Gasteiger partial charge in [-0.2, -0.15) is 5.26 Å². The molecule has 1 aromatic carbocycles. The molecule has 8 nitrogen and oxygen atoms in total. The summed E-state index contributed by atoms with van der Waals surface area (Å²) in [6.45, 7) is 0.166. The molecule has 0 spiro atoms. The molecule has 2 amide bonds. The fourth-order valence-electron chi connectivity index (χ4n) is 5.81. The lowest BCUT2D eigenvalue weighted by atomic mass is 9.84.